The number of hydrogen-bond donors (Lipinski definition) is 3. The first-order chi connectivity index (χ1) is 12.1. The van der Waals surface area contributed by atoms with E-state index in [1.54, 1.807) is 7.05 Å². The van der Waals surface area contributed by atoms with Crippen molar-refractivity contribution in [3.63, 3.8) is 0 Å². The van der Waals surface area contributed by atoms with Gasteiger partial charge in [0.2, 0.25) is 0 Å². The molecular formula is C19H30IN3O3. The van der Waals surface area contributed by atoms with Gasteiger partial charge in [0.05, 0.1) is 12.6 Å². The first-order valence-electron chi connectivity index (χ1n) is 9.47. The minimum Gasteiger partial charge on any atom is -0.464 e. The van der Waals surface area contributed by atoms with E-state index in [4.69, 9.17) is 9.15 Å². The molecule has 2 heterocycles. The molecule has 146 valence electrons. The van der Waals surface area contributed by atoms with Crippen molar-refractivity contribution in [3.05, 3.63) is 23.7 Å². The van der Waals surface area contributed by atoms with E-state index < -0.39 is 6.10 Å². The van der Waals surface area contributed by atoms with E-state index in [2.05, 4.69) is 15.6 Å². The fraction of sp³-hybridized carbons (Fsp3) is 0.737. The van der Waals surface area contributed by atoms with E-state index in [0.29, 0.717) is 30.4 Å². The number of nitrogens with zero attached hydrogens (tertiary/aromatic N) is 1. The van der Waals surface area contributed by atoms with Gasteiger partial charge in [0.25, 0.3) is 0 Å². The highest BCUT2D eigenvalue weighted by atomic mass is 127. The summed E-state index contributed by atoms with van der Waals surface area (Å²) in [5.41, 5.74) is 0.287. The van der Waals surface area contributed by atoms with Crippen LogP contribution in [0.2, 0.25) is 0 Å². The Balaban J connectivity index is 0.00000196. The summed E-state index contributed by atoms with van der Waals surface area (Å²) in [5, 5.41) is 17.2. The number of aliphatic imine (C=N–C) groups is 1. The number of aliphatic hydroxyl groups is 1. The molecule has 1 aliphatic heterocycles. The number of hydrogen-bond acceptors (Lipinski definition) is 4. The molecule has 0 aromatic carbocycles. The van der Waals surface area contributed by atoms with Crippen LogP contribution >= 0.6 is 24.0 Å². The van der Waals surface area contributed by atoms with E-state index in [-0.39, 0.29) is 29.4 Å². The minimum absolute atomic E-state index is 0. The SMILES string of the molecule is CN=C(NCC(O)c1ccc(C)o1)NC1C2CCOC2C12CCCC2.I. The van der Waals surface area contributed by atoms with Gasteiger partial charge in [-0.05, 0) is 38.3 Å². The van der Waals surface area contributed by atoms with Gasteiger partial charge in [-0.15, -0.1) is 24.0 Å². The quantitative estimate of drug-likeness (QED) is 0.355. The monoisotopic (exact) mass is 475 g/mol. The van der Waals surface area contributed by atoms with E-state index in [1.165, 1.54) is 25.7 Å². The lowest BCUT2D eigenvalue weighted by molar-refractivity contribution is -0.125. The van der Waals surface area contributed by atoms with E-state index in [1.807, 2.05) is 19.1 Å². The number of fused-ring (bicyclic) bond motifs is 2. The Hall–Kier alpha value is -0.800. The van der Waals surface area contributed by atoms with Gasteiger partial charge in [-0.3, -0.25) is 4.99 Å². The Morgan fingerprint density at radius 2 is 2.15 bits per heavy atom. The van der Waals surface area contributed by atoms with Crippen LogP contribution in [-0.4, -0.2) is 43.4 Å². The maximum absolute atomic E-state index is 10.3. The molecule has 26 heavy (non-hydrogen) atoms. The van der Waals surface area contributed by atoms with Crippen molar-refractivity contribution in [3.8, 4) is 0 Å². The van der Waals surface area contributed by atoms with Crippen LogP contribution < -0.4 is 10.6 Å². The molecule has 4 rings (SSSR count). The van der Waals surface area contributed by atoms with Crippen LogP contribution in [0.4, 0.5) is 0 Å². The standard InChI is InChI=1S/C19H29N3O3.HI/c1-12-5-6-15(25-12)14(23)11-21-18(20-2)22-16-13-7-10-24-17(13)19(16)8-3-4-9-19;/h5-6,13-14,16-17,23H,3-4,7-11H2,1-2H3,(H2,20,21,22);1H. The van der Waals surface area contributed by atoms with Crippen LogP contribution in [0.1, 0.15) is 49.7 Å². The van der Waals surface area contributed by atoms with Crippen molar-refractivity contribution in [2.24, 2.45) is 16.3 Å². The fourth-order valence-corrected chi connectivity index (χ4v) is 5.17. The van der Waals surface area contributed by atoms with Gasteiger partial charge in [-0.1, -0.05) is 12.8 Å². The molecule has 1 aromatic rings. The second-order valence-corrected chi connectivity index (χ2v) is 7.72. The summed E-state index contributed by atoms with van der Waals surface area (Å²) < 4.78 is 11.5. The van der Waals surface area contributed by atoms with Crippen LogP contribution in [0.15, 0.2) is 21.5 Å². The summed E-state index contributed by atoms with van der Waals surface area (Å²) in [4.78, 5) is 4.36. The molecule has 1 saturated heterocycles. The van der Waals surface area contributed by atoms with Crippen molar-refractivity contribution in [1.82, 2.24) is 10.6 Å². The van der Waals surface area contributed by atoms with Crippen molar-refractivity contribution in [2.75, 3.05) is 20.2 Å². The zero-order chi connectivity index (χ0) is 17.4. The molecule has 2 saturated carbocycles. The maximum atomic E-state index is 10.3. The Morgan fingerprint density at radius 1 is 1.38 bits per heavy atom. The van der Waals surface area contributed by atoms with E-state index >= 15 is 0 Å². The van der Waals surface area contributed by atoms with Crippen LogP contribution in [0.3, 0.4) is 0 Å². The molecule has 1 spiro atoms. The molecule has 0 amide bonds. The highest BCUT2D eigenvalue weighted by Gasteiger charge is 2.65. The normalized spacial score (nSPS) is 30.4. The number of ether oxygens (including phenoxy) is 1. The maximum Gasteiger partial charge on any atom is 0.191 e. The average Bonchev–Trinajstić information content (AvgIpc) is 3.34. The van der Waals surface area contributed by atoms with Crippen LogP contribution in [-0.2, 0) is 4.74 Å². The molecule has 3 fully saturated rings. The second kappa shape index (κ2) is 8.06. The molecule has 0 bridgehead atoms. The third-order valence-electron chi connectivity index (χ3n) is 6.35. The number of rotatable bonds is 4. The third kappa shape index (κ3) is 3.38. The number of halogens is 1. The first-order valence-corrected chi connectivity index (χ1v) is 9.47. The molecule has 6 nitrogen and oxygen atoms in total. The van der Waals surface area contributed by atoms with Gasteiger partial charge in [0, 0.05) is 31.0 Å². The van der Waals surface area contributed by atoms with Gasteiger partial charge in [-0.25, -0.2) is 0 Å². The Labute approximate surface area is 172 Å². The summed E-state index contributed by atoms with van der Waals surface area (Å²) in [5.74, 6) is 2.74. The van der Waals surface area contributed by atoms with Crippen LogP contribution in [0, 0.1) is 18.3 Å². The molecule has 7 heteroatoms. The second-order valence-electron chi connectivity index (χ2n) is 7.72. The lowest BCUT2D eigenvalue weighted by Gasteiger charge is -2.57. The number of nitrogens with one attached hydrogen (secondary N) is 2. The topological polar surface area (TPSA) is 79.0 Å². The summed E-state index contributed by atoms with van der Waals surface area (Å²) in [6.45, 7) is 3.14. The Morgan fingerprint density at radius 3 is 2.81 bits per heavy atom. The number of furan rings is 1. The highest BCUT2D eigenvalue weighted by Crippen LogP contribution is 2.60. The lowest BCUT2D eigenvalue weighted by Crippen LogP contribution is -2.69. The van der Waals surface area contributed by atoms with E-state index in [9.17, 15) is 5.11 Å². The minimum atomic E-state index is -0.684. The molecule has 0 radical (unpaired) electrons. The van der Waals surface area contributed by atoms with Crippen LogP contribution in [0.25, 0.3) is 0 Å². The van der Waals surface area contributed by atoms with Crippen molar-refractivity contribution >= 4 is 29.9 Å². The predicted octanol–water partition coefficient (Wildman–Crippen LogP) is 2.75. The first kappa shape index (κ1) is 19.9. The van der Waals surface area contributed by atoms with E-state index in [0.717, 1.165) is 24.7 Å². The Bertz CT molecular complexity index is 642. The predicted molar refractivity (Wildman–Crippen MR) is 111 cm³/mol. The molecule has 4 atom stereocenters. The zero-order valence-corrected chi connectivity index (χ0v) is 17.9. The average molecular weight is 475 g/mol. The largest absolute Gasteiger partial charge is 0.464 e. The Kier molecular flexibility index (Phi) is 6.18. The number of aryl methyl sites for hydroxylation is 1. The summed E-state index contributed by atoms with van der Waals surface area (Å²) in [6, 6.07) is 4.11. The van der Waals surface area contributed by atoms with Gasteiger partial charge in [-0.2, -0.15) is 0 Å². The number of guanidine groups is 1. The molecule has 4 unspecified atom stereocenters. The fourth-order valence-electron chi connectivity index (χ4n) is 5.17. The molecule has 1 aromatic heterocycles. The van der Waals surface area contributed by atoms with Crippen molar-refractivity contribution in [2.45, 2.75) is 57.3 Å². The molecule has 3 N–H and O–H groups in total. The summed E-state index contributed by atoms with van der Waals surface area (Å²) in [7, 11) is 1.78. The summed E-state index contributed by atoms with van der Waals surface area (Å²) >= 11 is 0. The summed E-state index contributed by atoms with van der Waals surface area (Å²) in [6.07, 6.45) is 5.98. The highest BCUT2D eigenvalue weighted by molar-refractivity contribution is 14.0. The molecular weight excluding hydrogens is 445 g/mol. The van der Waals surface area contributed by atoms with Crippen LogP contribution in [0.5, 0.6) is 0 Å². The number of aliphatic hydroxyl groups excluding tert-OH is 1. The zero-order valence-electron chi connectivity index (χ0n) is 15.5. The van der Waals surface area contributed by atoms with Gasteiger partial charge >= 0.3 is 0 Å². The third-order valence-corrected chi connectivity index (χ3v) is 6.35. The van der Waals surface area contributed by atoms with Gasteiger partial charge in [0.15, 0.2) is 5.96 Å². The van der Waals surface area contributed by atoms with Gasteiger partial charge < -0.3 is 24.9 Å². The lowest BCUT2D eigenvalue weighted by atomic mass is 9.54. The smallest absolute Gasteiger partial charge is 0.191 e. The van der Waals surface area contributed by atoms with Crippen molar-refractivity contribution in [1.29, 1.82) is 0 Å². The molecule has 2 aliphatic carbocycles. The van der Waals surface area contributed by atoms with Crippen molar-refractivity contribution < 1.29 is 14.3 Å². The molecule has 3 aliphatic rings. The van der Waals surface area contributed by atoms with Gasteiger partial charge in [0.1, 0.15) is 17.6 Å².